The number of para-hydroxylation sites is 2. The number of benzene rings is 2. The standard InChI is InChI=1S/C34H45N3/c1-21(2)27-15-13-16-28(22(3)4)33(27)35-25(9)31-19-11-12-20-32(37-31)26(10)36-34-29(23(5)6)17-14-18-30(34)24(7)8/h11,13-24H,12H2,1-10H3. The molecule has 196 valence electrons. The van der Waals surface area contributed by atoms with Crippen molar-refractivity contribution < 1.29 is 0 Å². The Hall–Kier alpha value is -3.07. The summed E-state index contributed by atoms with van der Waals surface area (Å²) in [6, 6.07) is 13.1. The Morgan fingerprint density at radius 3 is 1.46 bits per heavy atom. The zero-order valence-corrected chi connectivity index (χ0v) is 24.6. The molecular weight excluding hydrogens is 450 g/mol. The van der Waals surface area contributed by atoms with Gasteiger partial charge < -0.3 is 0 Å². The summed E-state index contributed by atoms with van der Waals surface area (Å²) in [5.41, 5.74) is 11.0. The van der Waals surface area contributed by atoms with Crippen LogP contribution in [0.2, 0.25) is 0 Å². The van der Waals surface area contributed by atoms with Gasteiger partial charge in [0.05, 0.1) is 34.2 Å². The molecule has 0 N–H and O–H groups in total. The molecule has 0 unspecified atom stereocenters. The monoisotopic (exact) mass is 495 g/mol. The summed E-state index contributed by atoms with van der Waals surface area (Å²) in [6.45, 7) is 22.0. The summed E-state index contributed by atoms with van der Waals surface area (Å²) in [6.07, 6.45) is 7.26. The summed E-state index contributed by atoms with van der Waals surface area (Å²) < 4.78 is 0. The SMILES string of the molecule is CC(=Nc1c(C(C)C)cccc1C(C)C)C1=CCC=CC(C(C)=Nc2c(C(C)C)cccc2C(C)C)=N1. The van der Waals surface area contributed by atoms with Crippen LogP contribution in [0, 0.1) is 0 Å². The predicted octanol–water partition coefficient (Wildman–Crippen LogP) is 10.3. The Morgan fingerprint density at radius 1 is 0.649 bits per heavy atom. The Balaban J connectivity index is 2.09. The van der Waals surface area contributed by atoms with Gasteiger partial charge in [-0.05, 0) is 72.3 Å². The van der Waals surface area contributed by atoms with Crippen molar-refractivity contribution >= 4 is 28.5 Å². The summed E-state index contributed by atoms with van der Waals surface area (Å²) in [5.74, 6) is 1.61. The second-order valence-electron chi connectivity index (χ2n) is 11.3. The third-order valence-corrected chi connectivity index (χ3v) is 6.95. The van der Waals surface area contributed by atoms with E-state index in [9.17, 15) is 0 Å². The van der Waals surface area contributed by atoms with Crippen molar-refractivity contribution in [1.29, 1.82) is 0 Å². The molecule has 2 aromatic carbocycles. The molecule has 0 aliphatic carbocycles. The smallest absolute Gasteiger partial charge is 0.0846 e. The number of allylic oxidation sites excluding steroid dienone is 4. The van der Waals surface area contributed by atoms with Gasteiger partial charge in [-0.2, -0.15) is 0 Å². The summed E-state index contributed by atoms with van der Waals surface area (Å²) >= 11 is 0. The lowest BCUT2D eigenvalue weighted by molar-refractivity contribution is 0.834. The summed E-state index contributed by atoms with van der Waals surface area (Å²) in [5, 5.41) is 0. The van der Waals surface area contributed by atoms with Gasteiger partial charge in [-0.15, -0.1) is 0 Å². The van der Waals surface area contributed by atoms with Crippen LogP contribution in [0.5, 0.6) is 0 Å². The Kier molecular flexibility index (Phi) is 9.59. The third kappa shape index (κ3) is 6.83. The number of rotatable bonds is 8. The van der Waals surface area contributed by atoms with Crippen LogP contribution >= 0.6 is 0 Å². The largest absolute Gasteiger partial charge is 0.251 e. The van der Waals surface area contributed by atoms with E-state index in [0.717, 1.165) is 40.6 Å². The Bertz CT molecular complexity index is 1210. The van der Waals surface area contributed by atoms with E-state index < -0.39 is 0 Å². The Labute approximate surface area is 225 Å². The predicted molar refractivity (Wildman–Crippen MR) is 164 cm³/mol. The van der Waals surface area contributed by atoms with Gasteiger partial charge in [0.15, 0.2) is 0 Å². The molecule has 1 heterocycles. The molecule has 0 aromatic heterocycles. The van der Waals surface area contributed by atoms with Gasteiger partial charge in [0.1, 0.15) is 0 Å². The highest BCUT2D eigenvalue weighted by Gasteiger charge is 2.17. The van der Waals surface area contributed by atoms with Crippen molar-refractivity contribution in [3.05, 3.63) is 82.6 Å². The molecule has 3 nitrogen and oxygen atoms in total. The second kappa shape index (κ2) is 12.4. The van der Waals surface area contributed by atoms with E-state index in [1.807, 2.05) is 0 Å². The zero-order valence-electron chi connectivity index (χ0n) is 24.6. The molecule has 1 aliphatic heterocycles. The molecule has 37 heavy (non-hydrogen) atoms. The first kappa shape index (κ1) is 28.5. The zero-order chi connectivity index (χ0) is 27.3. The fourth-order valence-corrected chi connectivity index (χ4v) is 4.73. The molecule has 0 spiro atoms. The highest BCUT2D eigenvalue weighted by atomic mass is 14.9. The number of nitrogens with zero attached hydrogens (tertiary/aromatic N) is 3. The average molecular weight is 496 g/mol. The molecule has 0 radical (unpaired) electrons. The van der Waals surface area contributed by atoms with Crippen LogP contribution in [-0.4, -0.2) is 17.1 Å². The molecule has 0 atom stereocenters. The van der Waals surface area contributed by atoms with E-state index in [2.05, 4.69) is 124 Å². The van der Waals surface area contributed by atoms with Gasteiger partial charge in [0, 0.05) is 0 Å². The second-order valence-corrected chi connectivity index (χ2v) is 11.3. The maximum absolute atomic E-state index is 5.19. The molecule has 0 amide bonds. The Morgan fingerprint density at radius 2 is 1.05 bits per heavy atom. The van der Waals surface area contributed by atoms with Crippen LogP contribution in [-0.2, 0) is 0 Å². The van der Waals surface area contributed by atoms with Gasteiger partial charge in [0.2, 0.25) is 0 Å². The van der Waals surface area contributed by atoms with E-state index in [-0.39, 0.29) is 0 Å². The number of aliphatic imine (C=N–C) groups is 3. The maximum atomic E-state index is 5.19. The van der Waals surface area contributed by atoms with Crippen molar-refractivity contribution in [3.8, 4) is 0 Å². The van der Waals surface area contributed by atoms with Gasteiger partial charge in [-0.1, -0.05) is 104 Å². The van der Waals surface area contributed by atoms with Crippen LogP contribution in [0.1, 0.15) is 122 Å². The topological polar surface area (TPSA) is 37.1 Å². The molecule has 0 saturated carbocycles. The highest BCUT2D eigenvalue weighted by molar-refractivity contribution is 6.46. The number of hydrogen-bond acceptors (Lipinski definition) is 3. The molecule has 3 heteroatoms. The minimum absolute atomic E-state index is 0.401. The van der Waals surface area contributed by atoms with E-state index in [0.29, 0.717) is 23.7 Å². The van der Waals surface area contributed by atoms with Gasteiger partial charge in [-0.3, -0.25) is 9.98 Å². The van der Waals surface area contributed by atoms with E-state index in [1.165, 1.54) is 22.3 Å². The summed E-state index contributed by atoms with van der Waals surface area (Å²) in [7, 11) is 0. The molecule has 0 saturated heterocycles. The van der Waals surface area contributed by atoms with Crippen LogP contribution in [0.15, 0.2) is 75.3 Å². The minimum Gasteiger partial charge on any atom is -0.251 e. The number of hydrogen-bond donors (Lipinski definition) is 0. The molecule has 3 rings (SSSR count). The van der Waals surface area contributed by atoms with Crippen molar-refractivity contribution in [2.75, 3.05) is 0 Å². The minimum atomic E-state index is 0.401. The fourth-order valence-electron chi connectivity index (χ4n) is 4.73. The first-order valence-electron chi connectivity index (χ1n) is 13.8. The molecule has 1 aliphatic rings. The normalized spacial score (nSPS) is 15.1. The molecule has 0 fully saturated rings. The van der Waals surface area contributed by atoms with E-state index in [1.54, 1.807) is 0 Å². The van der Waals surface area contributed by atoms with Gasteiger partial charge >= 0.3 is 0 Å². The quantitative estimate of drug-likeness (QED) is 0.327. The van der Waals surface area contributed by atoms with Gasteiger partial charge in [0.25, 0.3) is 0 Å². The first-order chi connectivity index (χ1) is 17.5. The lowest BCUT2D eigenvalue weighted by Gasteiger charge is -2.17. The summed E-state index contributed by atoms with van der Waals surface area (Å²) in [4.78, 5) is 15.5. The highest BCUT2D eigenvalue weighted by Crippen LogP contribution is 2.36. The average Bonchev–Trinajstić information content (AvgIpc) is 3.10. The van der Waals surface area contributed by atoms with E-state index >= 15 is 0 Å². The van der Waals surface area contributed by atoms with E-state index in [4.69, 9.17) is 15.0 Å². The van der Waals surface area contributed by atoms with Gasteiger partial charge in [-0.25, -0.2) is 4.99 Å². The van der Waals surface area contributed by atoms with Crippen molar-refractivity contribution in [2.45, 2.75) is 99.3 Å². The van der Waals surface area contributed by atoms with Crippen LogP contribution in [0.4, 0.5) is 11.4 Å². The van der Waals surface area contributed by atoms with Crippen LogP contribution in [0.3, 0.4) is 0 Å². The van der Waals surface area contributed by atoms with Crippen molar-refractivity contribution in [2.24, 2.45) is 15.0 Å². The van der Waals surface area contributed by atoms with Crippen molar-refractivity contribution in [1.82, 2.24) is 0 Å². The molecule has 0 bridgehead atoms. The first-order valence-corrected chi connectivity index (χ1v) is 13.8. The lowest BCUT2D eigenvalue weighted by atomic mass is 9.93. The molecule has 2 aromatic rings. The third-order valence-electron chi connectivity index (χ3n) is 6.95. The molecular formula is C34H45N3. The lowest BCUT2D eigenvalue weighted by Crippen LogP contribution is -2.10. The maximum Gasteiger partial charge on any atom is 0.0846 e. The van der Waals surface area contributed by atoms with Crippen LogP contribution < -0.4 is 0 Å². The fraction of sp³-hybridized carbons (Fsp3) is 0.441. The van der Waals surface area contributed by atoms with Crippen LogP contribution in [0.25, 0.3) is 0 Å². The van der Waals surface area contributed by atoms with Crippen molar-refractivity contribution in [3.63, 3.8) is 0 Å².